The van der Waals surface area contributed by atoms with Crippen molar-refractivity contribution in [3.05, 3.63) is 12.2 Å². The molecule has 0 aromatic carbocycles. The lowest BCUT2D eigenvalue weighted by atomic mass is 9.94. The highest BCUT2D eigenvalue weighted by Crippen LogP contribution is 2.28. The van der Waals surface area contributed by atoms with Crippen LogP contribution in [0.25, 0.3) is 0 Å². The molecule has 2 saturated heterocycles. The number of fused-ring (bicyclic) bond motifs is 1. The molecule has 0 amide bonds. The Morgan fingerprint density at radius 1 is 1.08 bits per heavy atom. The van der Waals surface area contributed by atoms with Gasteiger partial charge in [-0.3, -0.25) is 4.90 Å². The Bertz CT molecular complexity index is 174. The third-order valence-electron chi connectivity index (χ3n) is 3.28. The Kier molecular flexibility index (Phi) is 2.50. The molecule has 0 bridgehead atoms. The summed E-state index contributed by atoms with van der Waals surface area (Å²) < 4.78 is 0. The van der Waals surface area contributed by atoms with Gasteiger partial charge in [-0.05, 0) is 38.8 Å². The molecule has 2 rings (SSSR count). The average Bonchev–Trinajstić information content (AvgIpc) is 2.30. The Balaban J connectivity index is 2.05. The summed E-state index contributed by atoms with van der Waals surface area (Å²) in [5.74, 6) is 0. The number of rotatable bonds is 0. The molecule has 0 N–H and O–H groups in total. The van der Waals surface area contributed by atoms with Crippen LogP contribution in [-0.4, -0.2) is 24.0 Å². The highest BCUT2D eigenvalue weighted by molar-refractivity contribution is 5.09. The quantitative estimate of drug-likeness (QED) is 0.499. The molecule has 0 aliphatic carbocycles. The maximum absolute atomic E-state index is 4.20. The standard InChI is InChI=1S/C11H19N/c1-10-6-5-9-12-8-4-2-3-7-11(10)12/h11H,1-9H2. The largest absolute Gasteiger partial charge is 0.297 e. The molecular weight excluding hydrogens is 146 g/mol. The summed E-state index contributed by atoms with van der Waals surface area (Å²) in [6, 6.07) is 0.751. The van der Waals surface area contributed by atoms with E-state index in [0.29, 0.717) is 0 Å². The fourth-order valence-electron chi connectivity index (χ4n) is 2.57. The lowest BCUT2D eigenvalue weighted by Gasteiger charge is -2.35. The van der Waals surface area contributed by atoms with Crippen LogP contribution < -0.4 is 0 Å². The van der Waals surface area contributed by atoms with Gasteiger partial charge >= 0.3 is 0 Å². The number of hydrogen-bond donors (Lipinski definition) is 0. The first-order valence-electron chi connectivity index (χ1n) is 5.29. The fourth-order valence-corrected chi connectivity index (χ4v) is 2.57. The van der Waals surface area contributed by atoms with E-state index in [-0.39, 0.29) is 0 Å². The summed E-state index contributed by atoms with van der Waals surface area (Å²) in [6.07, 6.45) is 8.25. The van der Waals surface area contributed by atoms with Crippen LogP contribution in [0.5, 0.6) is 0 Å². The Labute approximate surface area is 75.4 Å². The van der Waals surface area contributed by atoms with E-state index >= 15 is 0 Å². The molecule has 12 heavy (non-hydrogen) atoms. The van der Waals surface area contributed by atoms with Gasteiger partial charge in [0, 0.05) is 6.04 Å². The van der Waals surface area contributed by atoms with Crippen LogP contribution in [0.3, 0.4) is 0 Å². The summed E-state index contributed by atoms with van der Waals surface area (Å²) in [6.45, 7) is 6.84. The van der Waals surface area contributed by atoms with Gasteiger partial charge in [0.1, 0.15) is 0 Å². The van der Waals surface area contributed by atoms with Crippen LogP contribution in [0, 0.1) is 0 Å². The minimum absolute atomic E-state index is 0.751. The van der Waals surface area contributed by atoms with E-state index in [2.05, 4.69) is 11.5 Å². The van der Waals surface area contributed by atoms with Crippen molar-refractivity contribution < 1.29 is 0 Å². The Morgan fingerprint density at radius 2 is 1.92 bits per heavy atom. The van der Waals surface area contributed by atoms with Crippen molar-refractivity contribution in [3.8, 4) is 0 Å². The molecule has 2 aliphatic rings. The van der Waals surface area contributed by atoms with Crippen molar-refractivity contribution in [1.29, 1.82) is 0 Å². The average molecular weight is 165 g/mol. The molecule has 68 valence electrons. The zero-order valence-corrected chi connectivity index (χ0v) is 7.89. The van der Waals surface area contributed by atoms with E-state index in [0.717, 1.165) is 6.04 Å². The first-order chi connectivity index (χ1) is 5.88. The molecule has 2 fully saturated rings. The smallest absolute Gasteiger partial charge is 0.0304 e. The highest BCUT2D eigenvalue weighted by Gasteiger charge is 2.25. The van der Waals surface area contributed by atoms with Gasteiger partial charge in [0.25, 0.3) is 0 Å². The molecule has 1 unspecified atom stereocenters. The minimum Gasteiger partial charge on any atom is -0.297 e. The van der Waals surface area contributed by atoms with Crippen molar-refractivity contribution in [1.82, 2.24) is 4.90 Å². The lowest BCUT2D eigenvalue weighted by molar-refractivity contribution is 0.196. The van der Waals surface area contributed by atoms with Crippen LogP contribution in [-0.2, 0) is 0 Å². The third kappa shape index (κ3) is 1.56. The molecule has 1 heteroatoms. The van der Waals surface area contributed by atoms with Crippen LogP contribution >= 0.6 is 0 Å². The van der Waals surface area contributed by atoms with Crippen molar-refractivity contribution in [2.75, 3.05) is 13.1 Å². The van der Waals surface area contributed by atoms with E-state index in [1.165, 1.54) is 57.2 Å². The van der Waals surface area contributed by atoms with Crippen molar-refractivity contribution in [2.45, 2.75) is 44.6 Å². The molecule has 1 atom stereocenters. The second kappa shape index (κ2) is 3.61. The number of piperidine rings is 1. The maximum atomic E-state index is 4.20. The lowest BCUT2D eigenvalue weighted by Crippen LogP contribution is -2.40. The second-order valence-corrected chi connectivity index (χ2v) is 4.16. The van der Waals surface area contributed by atoms with E-state index in [9.17, 15) is 0 Å². The first-order valence-corrected chi connectivity index (χ1v) is 5.29. The van der Waals surface area contributed by atoms with E-state index in [1.807, 2.05) is 0 Å². The zero-order valence-electron chi connectivity index (χ0n) is 7.89. The van der Waals surface area contributed by atoms with Crippen LogP contribution in [0.15, 0.2) is 12.2 Å². The van der Waals surface area contributed by atoms with Crippen molar-refractivity contribution >= 4 is 0 Å². The molecule has 0 spiro atoms. The molecular formula is C11H19N. The van der Waals surface area contributed by atoms with Gasteiger partial charge in [-0.15, -0.1) is 0 Å². The van der Waals surface area contributed by atoms with Gasteiger partial charge in [-0.25, -0.2) is 0 Å². The predicted molar refractivity (Wildman–Crippen MR) is 52.2 cm³/mol. The Morgan fingerprint density at radius 3 is 2.83 bits per heavy atom. The first kappa shape index (κ1) is 8.31. The summed E-state index contributed by atoms with van der Waals surface area (Å²) >= 11 is 0. The predicted octanol–water partition coefficient (Wildman–Crippen LogP) is 2.58. The van der Waals surface area contributed by atoms with E-state index in [4.69, 9.17) is 0 Å². The Hall–Kier alpha value is -0.300. The van der Waals surface area contributed by atoms with E-state index in [1.54, 1.807) is 0 Å². The number of nitrogens with zero attached hydrogens (tertiary/aromatic N) is 1. The van der Waals surface area contributed by atoms with Crippen LogP contribution in [0.1, 0.15) is 38.5 Å². The summed E-state index contributed by atoms with van der Waals surface area (Å²) in [5.41, 5.74) is 1.50. The van der Waals surface area contributed by atoms with Gasteiger partial charge in [-0.2, -0.15) is 0 Å². The third-order valence-corrected chi connectivity index (χ3v) is 3.28. The van der Waals surface area contributed by atoms with Gasteiger partial charge in [0.05, 0.1) is 0 Å². The van der Waals surface area contributed by atoms with Crippen molar-refractivity contribution in [2.24, 2.45) is 0 Å². The van der Waals surface area contributed by atoms with E-state index < -0.39 is 0 Å². The molecule has 2 heterocycles. The minimum atomic E-state index is 0.751. The topological polar surface area (TPSA) is 3.24 Å². The normalized spacial score (nSPS) is 32.7. The van der Waals surface area contributed by atoms with Gasteiger partial charge < -0.3 is 0 Å². The molecule has 0 saturated carbocycles. The molecule has 1 nitrogen and oxygen atoms in total. The van der Waals surface area contributed by atoms with Crippen LogP contribution in [0.2, 0.25) is 0 Å². The number of hydrogen-bond acceptors (Lipinski definition) is 1. The van der Waals surface area contributed by atoms with Gasteiger partial charge in [0.2, 0.25) is 0 Å². The van der Waals surface area contributed by atoms with Gasteiger partial charge in [0.15, 0.2) is 0 Å². The molecule has 0 radical (unpaired) electrons. The summed E-state index contributed by atoms with van der Waals surface area (Å²) in [5, 5.41) is 0. The second-order valence-electron chi connectivity index (χ2n) is 4.16. The molecule has 0 aromatic heterocycles. The van der Waals surface area contributed by atoms with Crippen LogP contribution in [0.4, 0.5) is 0 Å². The molecule has 0 aromatic rings. The van der Waals surface area contributed by atoms with Gasteiger partial charge in [-0.1, -0.05) is 25.0 Å². The SMILES string of the molecule is C=C1CCCN2CCCCCC12. The zero-order chi connectivity index (χ0) is 8.39. The monoisotopic (exact) mass is 165 g/mol. The summed E-state index contributed by atoms with van der Waals surface area (Å²) in [4.78, 5) is 2.65. The highest BCUT2D eigenvalue weighted by atomic mass is 15.2. The van der Waals surface area contributed by atoms with Crippen molar-refractivity contribution in [3.63, 3.8) is 0 Å². The fraction of sp³-hybridized carbons (Fsp3) is 0.818. The molecule has 2 aliphatic heterocycles. The summed E-state index contributed by atoms with van der Waals surface area (Å²) in [7, 11) is 0. The maximum Gasteiger partial charge on any atom is 0.0304 e.